The lowest BCUT2D eigenvalue weighted by atomic mass is 9.43. The zero-order valence-electron chi connectivity index (χ0n) is 13.5. The van der Waals surface area contributed by atoms with Gasteiger partial charge in [-0.1, -0.05) is 61.7 Å². The van der Waals surface area contributed by atoms with Gasteiger partial charge in [0, 0.05) is 5.41 Å². The van der Waals surface area contributed by atoms with E-state index in [0.29, 0.717) is 5.41 Å². The molecule has 1 aliphatic heterocycles. The average molecular weight is 306 g/mol. The summed E-state index contributed by atoms with van der Waals surface area (Å²) in [6.07, 6.45) is 8.73. The smallest absolute Gasteiger partial charge is 0.427 e. The van der Waals surface area contributed by atoms with Crippen LogP contribution < -0.4 is 0 Å². The van der Waals surface area contributed by atoms with Gasteiger partial charge in [-0.3, -0.25) is 0 Å². The molecule has 2 aromatic rings. The van der Waals surface area contributed by atoms with Crippen LogP contribution in [0.3, 0.4) is 0 Å². The van der Waals surface area contributed by atoms with Gasteiger partial charge in [0.1, 0.15) is 0 Å². The van der Waals surface area contributed by atoms with Crippen molar-refractivity contribution < 1.29 is 9.68 Å². The van der Waals surface area contributed by atoms with Crippen LogP contribution in [0.15, 0.2) is 42.5 Å². The van der Waals surface area contributed by atoms with Crippen molar-refractivity contribution in [1.29, 1.82) is 0 Å². The molecule has 3 heteroatoms. The number of benzene rings is 2. The molecule has 3 fully saturated rings. The van der Waals surface area contributed by atoms with E-state index in [4.69, 9.17) is 4.65 Å². The van der Waals surface area contributed by atoms with Crippen LogP contribution in [0, 0.1) is 5.41 Å². The molecule has 0 aromatic heterocycles. The van der Waals surface area contributed by atoms with Gasteiger partial charge in [-0.25, -0.2) is 0 Å². The van der Waals surface area contributed by atoms with Crippen molar-refractivity contribution in [3.8, 4) is 0 Å². The van der Waals surface area contributed by atoms with Crippen molar-refractivity contribution in [3.63, 3.8) is 0 Å². The van der Waals surface area contributed by atoms with Crippen LogP contribution in [-0.4, -0.2) is 18.2 Å². The summed E-state index contributed by atoms with van der Waals surface area (Å²) in [6, 6.07) is 15.4. The maximum atomic E-state index is 10.2. The van der Waals surface area contributed by atoms with Crippen molar-refractivity contribution in [2.75, 3.05) is 0 Å². The van der Waals surface area contributed by atoms with Gasteiger partial charge in [0.15, 0.2) is 0 Å². The lowest BCUT2D eigenvalue weighted by Gasteiger charge is -2.61. The molecule has 1 N–H and O–H groups in total. The van der Waals surface area contributed by atoms with E-state index in [9.17, 15) is 5.02 Å². The lowest BCUT2D eigenvalue weighted by molar-refractivity contribution is -0.121. The normalized spacial score (nSPS) is 32.0. The Morgan fingerprint density at radius 2 is 1.78 bits per heavy atom. The summed E-state index contributed by atoms with van der Waals surface area (Å²) >= 11 is 0. The molecule has 2 atom stereocenters. The second-order valence-electron chi connectivity index (χ2n) is 7.99. The lowest BCUT2D eigenvalue weighted by Crippen LogP contribution is -2.61. The highest BCUT2D eigenvalue weighted by atomic mass is 16.5. The third kappa shape index (κ3) is 1.90. The minimum Gasteiger partial charge on any atom is -0.427 e. The van der Waals surface area contributed by atoms with Crippen LogP contribution in [0.25, 0.3) is 10.8 Å². The summed E-state index contributed by atoms with van der Waals surface area (Å²) in [6.45, 7) is 0. The van der Waals surface area contributed by atoms with Crippen LogP contribution in [0.4, 0.5) is 0 Å². The molecular formula is C20H23BO2. The Hall–Kier alpha value is -1.32. The fourth-order valence-electron chi connectivity index (χ4n) is 5.80. The number of rotatable bonds is 1. The van der Waals surface area contributed by atoms with Gasteiger partial charge in [0.05, 0.1) is 6.10 Å². The van der Waals surface area contributed by atoms with Crippen molar-refractivity contribution in [3.05, 3.63) is 48.0 Å². The van der Waals surface area contributed by atoms with E-state index in [-0.39, 0.29) is 11.5 Å². The Labute approximate surface area is 138 Å². The highest BCUT2D eigenvalue weighted by Gasteiger charge is 2.69. The van der Waals surface area contributed by atoms with E-state index in [1.54, 1.807) is 0 Å². The van der Waals surface area contributed by atoms with Crippen molar-refractivity contribution in [2.45, 2.75) is 56.4 Å². The molecule has 2 aliphatic carbocycles. The minimum absolute atomic E-state index is 0.0424. The molecule has 1 spiro atoms. The van der Waals surface area contributed by atoms with Crippen molar-refractivity contribution in [1.82, 2.24) is 0 Å². The largest absolute Gasteiger partial charge is 0.455 e. The summed E-state index contributed by atoms with van der Waals surface area (Å²) in [5.74, 6) is 0. The van der Waals surface area contributed by atoms with E-state index in [1.807, 2.05) is 0 Å². The first-order valence-electron chi connectivity index (χ1n) is 9.05. The van der Waals surface area contributed by atoms with Gasteiger partial charge in [0.25, 0.3) is 0 Å². The van der Waals surface area contributed by atoms with E-state index < -0.39 is 7.12 Å². The Morgan fingerprint density at radius 1 is 1.00 bits per heavy atom. The van der Waals surface area contributed by atoms with Crippen LogP contribution in [0.1, 0.15) is 44.1 Å². The molecule has 0 bridgehead atoms. The number of hydrogen-bond acceptors (Lipinski definition) is 2. The maximum Gasteiger partial charge on any atom is 0.455 e. The third-order valence-electron chi connectivity index (χ3n) is 6.73. The monoisotopic (exact) mass is 306 g/mol. The molecule has 1 saturated heterocycles. The standard InChI is InChI=1S/C20H23BO2/c22-21-14-20(13-19(18(20)23-21)10-4-1-5-11-19)17-9-8-15-6-2-3-7-16(15)12-17/h2-3,6-9,12,18,22H,1,4-5,10-11,13-14H2/t18-,20-/m0/s1. The first-order chi connectivity index (χ1) is 11.2. The van der Waals surface area contributed by atoms with Gasteiger partial charge < -0.3 is 9.68 Å². The molecule has 0 radical (unpaired) electrons. The predicted molar refractivity (Wildman–Crippen MR) is 93.4 cm³/mol. The molecule has 2 aromatic carbocycles. The maximum absolute atomic E-state index is 10.2. The van der Waals surface area contributed by atoms with E-state index in [2.05, 4.69) is 42.5 Å². The van der Waals surface area contributed by atoms with E-state index in [0.717, 1.165) is 6.32 Å². The number of fused-ring (bicyclic) bond motifs is 3. The van der Waals surface area contributed by atoms with Gasteiger partial charge in [-0.05, 0) is 47.3 Å². The molecule has 5 rings (SSSR count). The first kappa shape index (κ1) is 14.1. The van der Waals surface area contributed by atoms with Gasteiger partial charge >= 0.3 is 7.12 Å². The molecule has 3 aliphatic rings. The topological polar surface area (TPSA) is 29.5 Å². The molecule has 0 amide bonds. The summed E-state index contributed by atoms with van der Waals surface area (Å²) in [5, 5.41) is 12.8. The fourth-order valence-corrected chi connectivity index (χ4v) is 5.80. The van der Waals surface area contributed by atoms with Crippen LogP contribution in [-0.2, 0) is 10.1 Å². The number of hydrogen-bond donors (Lipinski definition) is 1. The zero-order valence-corrected chi connectivity index (χ0v) is 13.5. The average Bonchev–Trinajstić information content (AvgIpc) is 2.88. The summed E-state index contributed by atoms with van der Waals surface area (Å²) < 4.78 is 6.08. The Morgan fingerprint density at radius 3 is 2.61 bits per heavy atom. The van der Waals surface area contributed by atoms with Gasteiger partial charge in [-0.2, -0.15) is 0 Å². The summed E-state index contributed by atoms with van der Waals surface area (Å²) in [7, 11) is -0.590. The van der Waals surface area contributed by atoms with Crippen LogP contribution >= 0.6 is 0 Å². The summed E-state index contributed by atoms with van der Waals surface area (Å²) in [5.41, 5.74) is 1.75. The zero-order chi connectivity index (χ0) is 15.5. The van der Waals surface area contributed by atoms with Gasteiger partial charge in [-0.15, -0.1) is 0 Å². The van der Waals surface area contributed by atoms with Crippen LogP contribution in [0.2, 0.25) is 6.32 Å². The molecule has 0 unspecified atom stereocenters. The second kappa shape index (κ2) is 4.84. The third-order valence-corrected chi connectivity index (χ3v) is 6.73. The van der Waals surface area contributed by atoms with Crippen LogP contribution in [0.5, 0.6) is 0 Å². The predicted octanol–water partition coefficient (Wildman–Crippen LogP) is 4.31. The molecule has 1 heterocycles. The Kier molecular flexibility index (Phi) is 2.96. The second-order valence-corrected chi connectivity index (χ2v) is 7.99. The van der Waals surface area contributed by atoms with Crippen molar-refractivity contribution in [2.24, 2.45) is 5.41 Å². The minimum atomic E-state index is -0.590. The molecule has 2 saturated carbocycles. The highest BCUT2D eigenvalue weighted by Crippen LogP contribution is 2.67. The highest BCUT2D eigenvalue weighted by molar-refractivity contribution is 6.44. The quantitative estimate of drug-likeness (QED) is 0.796. The fraction of sp³-hybridized carbons (Fsp3) is 0.500. The molecular weight excluding hydrogens is 283 g/mol. The van der Waals surface area contributed by atoms with Gasteiger partial charge in [0.2, 0.25) is 0 Å². The van der Waals surface area contributed by atoms with Crippen molar-refractivity contribution >= 4 is 17.9 Å². The SMILES string of the molecule is OB1C[C@]2(c3ccc4ccccc4c3)CC3(CCCCC3)[C@@H]2O1. The molecule has 2 nitrogen and oxygen atoms in total. The molecule has 118 valence electrons. The first-order valence-corrected chi connectivity index (χ1v) is 9.05. The molecule has 23 heavy (non-hydrogen) atoms. The van der Waals surface area contributed by atoms with E-state index in [1.165, 1.54) is 54.9 Å². The summed E-state index contributed by atoms with van der Waals surface area (Å²) in [4.78, 5) is 0. The van der Waals surface area contributed by atoms with E-state index >= 15 is 0 Å². The Bertz CT molecular complexity index is 752. The Balaban J connectivity index is 1.57.